The van der Waals surface area contributed by atoms with Crippen LogP contribution in [-0.4, -0.2) is 42.9 Å². The Balaban J connectivity index is 1.63. The first kappa shape index (κ1) is 19.9. The van der Waals surface area contributed by atoms with Crippen LogP contribution in [0.1, 0.15) is 30.0 Å². The van der Waals surface area contributed by atoms with Crippen LogP contribution in [0.15, 0.2) is 42.5 Å². The van der Waals surface area contributed by atoms with Crippen molar-refractivity contribution in [2.24, 2.45) is 0 Å². The highest BCUT2D eigenvalue weighted by molar-refractivity contribution is 5.96. The number of carbonyl (C=O) groups excluding carboxylic acids is 2. The number of anilines is 2. The van der Waals surface area contributed by atoms with Crippen LogP contribution in [0.25, 0.3) is 0 Å². The van der Waals surface area contributed by atoms with E-state index in [0.717, 1.165) is 35.3 Å². The third-order valence-corrected chi connectivity index (χ3v) is 5.52. The van der Waals surface area contributed by atoms with Crippen molar-refractivity contribution in [3.63, 3.8) is 0 Å². The number of hydrogen-bond donors (Lipinski definition) is 1. The van der Waals surface area contributed by atoms with Crippen LogP contribution in [0.3, 0.4) is 0 Å². The van der Waals surface area contributed by atoms with Crippen molar-refractivity contribution in [3.8, 4) is 0 Å². The molecule has 3 rings (SSSR count). The maximum atomic E-state index is 12.8. The number of nitrogens with one attached hydrogen (secondary N) is 1. The molecule has 0 aliphatic carbocycles. The largest absolute Gasteiger partial charge is 0.359 e. The Morgan fingerprint density at radius 1 is 1.11 bits per heavy atom. The lowest BCUT2D eigenvalue weighted by Gasteiger charge is -2.37. The molecule has 0 unspecified atom stereocenters. The quantitative estimate of drug-likeness (QED) is 0.864. The molecule has 2 aromatic carbocycles. The average Bonchev–Trinajstić information content (AvgIpc) is 2.67. The summed E-state index contributed by atoms with van der Waals surface area (Å²) in [6.07, 6.45) is 2.07. The second-order valence-corrected chi connectivity index (χ2v) is 7.71. The fraction of sp³-hybridized carbons (Fsp3) is 0.391. The monoisotopic (exact) mass is 379 g/mol. The van der Waals surface area contributed by atoms with E-state index in [2.05, 4.69) is 29.3 Å². The lowest BCUT2D eigenvalue weighted by molar-refractivity contribution is -0.132. The van der Waals surface area contributed by atoms with Gasteiger partial charge >= 0.3 is 0 Å². The summed E-state index contributed by atoms with van der Waals surface area (Å²) < 4.78 is 0. The molecular formula is C23H29N3O2. The van der Waals surface area contributed by atoms with E-state index in [1.165, 1.54) is 10.5 Å². The molecule has 2 amide bonds. The van der Waals surface area contributed by atoms with Crippen LogP contribution >= 0.6 is 0 Å². The second kappa shape index (κ2) is 8.46. The summed E-state index contributed by atoms with van der Waals surface area (Å²) in [5, 5.41) is 2.95. The van der Waals surface area contributed by atoms with Gasteiger partial charge in [0.05, 0.1) is 13.1 Å². The predicted octanol–water partition coefficient (Wildman–Crippen LogP) is 3.54. The van der Waals surface area contributed by atoms with Crippen molar-refractivity contribution in [3.05, 3.63) is 59.2 Å². The van der Waals surface area contributed by atoms with E-state index in [0.29, 0.717) is 6.04 Å². The van der Waals surface area contributed by atoms with Gasteiger partial charge in [0.15, 0.2) is 0 Å². The molecule has 0 spiro atoms. The molecule has 28 heavy (non-hydrogen) atoms. The molecule has 1 N–H and O–H groups in total. The fourth-order valence-corrected chi connectivity index (χ4v) is 3.76. The Kier molecular flexibility index (Phi) is 6.02. The van der Waals surface area contributed by atoms with Crippen LogP contribution in [-0.2, 0) is 16.0 Å². The van der Waals surface area contributed by atoms with Gasteiger partial charge in [-0.05, 0) is 56.4 Å². The summed E-state index contributed by atoms with van der Waals surface area (Å²) in [7, 11) is 1.69. The van der Waals surface area contributed by atoms with E-state index in [1.807, 2.05) is 44.2 Å². The Labute approximate surface area is 167 Å². The van der Waals surface area contributed by atoms with Crippen LogP contribution < -0.4 is 10.2 Å². The lowest BCUT2D eigenvalue weighted by Crippen LogP contribution is -2.46. The van der Waals surface area contributed by atoms with Crippen molar-refractivity contribution in [2.75, 3.05) is 30.4 Å². The summed E-state index contributed by atoms with van der Waals surface area (Å²) in [4.78, 5) is 28.9. The molecule has 5 heteroatoms. The zero-order valence-electron chi connectivity index (χ0n) is 17.2. The molecule has 2 aromatic rings. The summed E-state index contributed by atoms with van der Waals surface area (Å²) in [6.45, 7) is 6.40. The van der Waals surface area contributed by atoms with Crippen molar-refractivity contribution in [1.29, 1.82) is 0 Å². The van der Waals surface area contributed by atoms with E-state index in [4.69, 9.17) is 0 Å². The molecule has 0 fully saturated rings. The number of aryl methyl sites for hydroxylation is 3. The minimum absolute atomic E-state index is 0.0382. The molecule has 0 saturated carbocycles. The number of hydrogen-bond acceptors (Lipinski definition) is 3. The normalized spacial score (nSPS) is 15.7. The van der Waals surface area contributed by atoms with Gasteiger partial charge in [0.25, 0.3) is 0 Å². The summed E-state index contributed by atoms with van der Waals surface area (Å²) in [5.41, 5.74) is 5.26. The average molecular weight is 380 g/mol. The lowest BCUT2D eigenvalue weighted by atomic mass is 9.96. The zero-order chi connectivity index (χ0) is 20.3. The Hall–Kier alpha value is -2.82. The number of benzene rings is 2. The Morgan fingerprint density at radius 2 is 1.79 bits per heavy atom. The number of likely N-dealkylation sites (N-methyl/N-ethyl adjacent to an activating group) is 1. The van der Waals surface area contributed by atoms with Crippen LogP contribution in [0.4, 0.5) is 11.4 Å². The first-order valence-electron chi connectivity index (χ1n) is 9.81. The number of rotatable bonds is 5. The first-order chi connectivity index (χ1) is 13.4. The molecular weight excluding hydrogens is 350 g/mol. The molecule has 148 valence electrons. The van der Waals surface area contributed by atoms with Crippen molar-refractivity contribution >= 4 is 23.2 Å². The summed E-state index contributed by atoms with van der Waals surface area (Å²) in [6, 6.07) is 14.4. The van der Waals surface area contributed by atoms with Gasteiger partial charge in [0, 0.05) is 24.5 Å². The molecule has 1 heterocycles. The highest BCUT2D eigenvalue weighted by Gasteiger charge is 2.26. The molecule has 1 aliphatic rings. The molecule has 0 radical (unpaired) electrons. The number of amides is 2. The standard InChI is InChI=1S/C23H29N3O2/c1-16-8-7-9-17(2)23(16)24-21(27)14-25(4)22(28)15-26-18(3)12-13-19-10-5-6-11-20(19)26/h5-11,18H,12-15H2,1-4H3,(H,24,27)/t18-/m1/s1. The SMILES string of the molecule is Cc1cccc(C)c1NC(=O)CN(C)C(=O)CN1c2ccccc2CC[C@H]1C. The molecule has 1 atom stereocenters. The van der Waals surface area contributed by atoms with Crippen molar-refractivity contribution in [1.82, 2.24) is 4.90 Å². The maximum Gasteiger partial charge on any atom is 0.243 e. The van der Waals surface area contributed by atoms with Crippen LogP contribution in [0, 0.1) is 13.8 Å². The number of carbonyl (C=O) groups is 2. The van der Waals surface area contributed by atoms with Gasteiger partial charge in [-0.1, -0.05) is 36.4 Å². The maximum absolute atomic E-state index is 12.8. The zero-order valence-corrected chi connectivity index (χ0v) is 17.2. The van der Waals surface area contributed by atoms with E-state index in [-0.39, 0.29) is 24.9 Å². The van der Waals surface area contributed by atoms with Gasteiger partial charge in [-0.2, -0.15) is 0 Å². The van der Waals surface area contributed by atoms with Crippen molar-refractivity contribution in [2.45, 2.75) is 39.7 Å². The van der Waals surface area contributed by atoms with Crippen LogP contribution in [0.5, 0.6) is 0 Å². The van der Waals surface area contributed by atoms with Gasteiger partial charge in [-0.15, -0.1) is 0 Å². The van der Waals surface area contributed by atoms with E-state index in [9.17, 15) is 9.59 Å². The van der Waals surface area contributed by atoms with Crippen molar-refractivity contribution < 1.29 is 9.59 Å². The van der Waals surface area contributed by atoms with Gasteiger partial charge in [0.2, 0.25) is 11.8 Å². The molecule has 5 nitrogen and oxygen atoms in total. The minimum Gasteiger partial charge on any atom is -0.359 e. The Morgan fingerprint density at radius 3 is 2.50 bits per heavy atom. The fourth-order valence-electron chi connectivity index (χ4n) is 3.76. The summed E-state index contributed by atoms with van der Waals surface area (Å²) in [5.74, 6) is -0.236. The van der Waals surface area contributed by atoms with Crippen LogP contribution in [0.2, 0.25) is 0 Å². The minimum atomic E-state index is -0.180. The third-order valence-electron chi connectivity index (χ3n) is 5.52. The molecule has 1 aliphatic heterocycles. The predicted molar refractivity (Wildman–Crippen MR) is 114 cm³/mol. The van der Waals surface area contributed by atoms with Gasteiger partial charge in [0.1, 0.15) is 0 Å². The number of nitrogens with zero attached hydrogens (tertiary/aromatic N) is 2. The molecule has 0 saturated heterocycles. The Bertz CT molecular complexity index is 858. The number of para-hydroxylation sites is 2. The van der Waals surface area contributed by atoms with Gasteiger partial charge < -0.3 is 15.1 Å². The summed E-state index contributed by atoms with van der Waals surface area (Å²) >= 11 is 0. The highest BCUT2D eigenvalue weighted by Crippen LogP contribution is 2.30. The third kappa shape index (κ3) is 4.35. The van der Waals surface area contributed by atoms with E-state index < -0.39 is 0 Å². The highest BCUT2D eigenvalue weighted by atomic mass is 16.2. The van der Waals surface area contributed by atoms with Gasteiger partial charge in [-0.3, -0.25) is 9.59 Å². The van der Waals surface area contributed by atoms with E-state index in [1.54, 1.807) is 7.05 Å². The first-order valence-corrected chi connectivity index (χ1v) is 9.81. The topological polar surface area (TPSA) is 52.7 Å². The van der Waals surface area contributed by atoms with Gasteiger partial charge in [-0.25, -0.2) is 0 Å². The second-order valence-electron chi connectivity index (χ2n) is 7.71. The van der Waals surface area contributed by atoms with E-state index >= 15 is 0 Å². The number of fused-ring (bicyclic) bond motifs is 1. The molecule has 0 aromatic heterocycles. The molecule has 0 bridgehead atoms. The smallest absolute Gasteiger partial charge is 0.243 e.